The quantitative estimate of drug-likeness (QED) is 0.361. The van der Waals surface area contributed by atoms with E-state index in [1.807, 2.05) is 72.8 Å². The minimum Gasteiger partial charge on any atom is -0.354 e. The fourth-order valence-electron chi connectivity index (χ4n) is 5.03. The maximum atomic E-state index is 13.5. The van der Waals surface area contributed by atoms with Gasteiger partial charge >= 0.3 is 0 Å². The van der Waals surface area contributed by atoms with E-state index < -0.39 is 6.04 Å². The smallest absolute Gasteiger partial charge is 0.252 e. The largest absolute Gasteiger partial charge is 0.354 e. The zero-order valence-electron chi connectivity index (χ0n) is 21.9. The van der Waals surface area contributed by atoms with Crippen LogP contribution in [-0.2, 0) is 4.79 Å². The average Bonchev–Trinajstić information content (AvgIpc) is 2.96. The van der Waals surface area contributed by atoms with Gasteiger partial charge in [-0.05, 0) is 74.0 Å². The maximum Gasteiger partial charge on any atom is 0.252 e. The molecular weight excluding hydrogens is 458 g/mol. The highest BCUT2D eigenvalue weighted by Gasteiger charge is 2.24. The molecule has 1 heterocycles. The van der Waals surface area contributed by atoms with Gasteiger partial charge in [0.2, 0.25) is 5.91 Å². The first-order valence-corrected chi connectivity index (χ1v) is 13.6. The molecule has 4 rings (SSSR count). The van der Waals surface area contributed by atoms with Gasteiger partial charge in [0.15, 0.2) is 0 Å². The molecule has 2 amide bonds. The van der Waals surface area contributed by atoms with Gasteiger partial charge in [-0.3, -0.25) is 9.59 Å². The lowest BCUT2D eigenvalue weighted by atomic mass is 9.98. The number of likely N-dealkylation sites (tertiary alicyclic amines) is 1. The second kappa shape index (κ2) is 13.8. The summed E-state index contributed by atoms with van der Waals surface area (Å²) < 4.78 is 0. The van der Waals surface area contributed by atoms with Crippen molar-refractivity contribution in [1.29, 1.82) is 0 Å². The Kier molecular flexibility index (Phi) is 9.89. The van der Waals surface area contributed by atoms with Gasteiger partial charge in [0.25, 0.3) is 5.91 Å². The first-order chi connectivity index (χ1) is 18.1. The predicted octanol–water partition coefficient (Wildman–Crippen LogP) is 5.64. The fourth-order valence-corrected chi connectivity index (χ4v) is 5.03. The Morgan fingerprint density at radius 1 is 0.838 bits per heavy atom. The molecule has 37 heavy (non-hydrogen) atoms. The molecule has 3 aromatic rings. The lowest BCUT2D eigenvalue weighted by Gasteiger charge is -2.27. The SMILES string of the molecule is CC(CNC(=O)[C@H](CCCN1CCCCC1)NC(=O)c1ccccc1-c1ccccc1)c1ccccc1. The number of carbonyl (C=O) groups is 2. The topological polar surface area (TPSA) is 61.4 Å². The summed E-state index contributed by atoms with van der Waals surface area (Å²) in [6, 6.07) is 27.1. The summed E-state index contributed by atoms with van der Waals surface area (Å²) in [5.74, 6) is -0.144. The molecule has 2 atom stereocenters. The van der Waals surface area contributed by atoms with Crippen LogP contribution in [0.3, 0.4) is 0 Å². The summed E-state index contributed by atoms with van der Waals surface area (Å²) in [4.78, 5) is 29.3. The first-order valence-electron chi connectivity index (χ1n) is 13.6. The second-order valence-corrected chi connectivity index (χ2v) is 10.0. The van der Waals surface area contributed by atoms with Crippen LogP contribution >= 0.6 is 0 Å². The van der Waals surface area contributed by atoms with Crippen molar-refractivity contribution in [3.8, 4) is 11.1 Å². The molecule has 1 aliphatic heterocycles. The van der Waals surface area contributed by atoms with Crippen molar-refractivity contribution in [3.63, 3.8) is 0 Å². The van der Waals surface area contributed by atoms with E-state index in [1.165, 1.54) is 24.8 Å². The van der Waals surface area contributed by atoms with E-state index >= 15 is 0 Å². The molecule has 1 saturated heterocycles. The summed E-state index contributed by atoms with van der Waals surface area (Å²) in [6.45, 7) is 5.85. The van der Waals surface area contributed by atoms with Crippen molar-refractivity contribution in [1.82, 2.24) is 15.5 Å². The molecule has 1 fully saturated rings. The van der Waals surface area contributed by atoms with Crippen LogP contribution in [0.15, 0.2) is 84.9 Å². The van der Waals surface area contributed by atoms with Gasteiger partial charge in [-0.25, -0.2) is 0 Å². The van der Waals surface area contributed by atoms with E-state index in [1.54, 1.807) is 0 Å². The van der Waals surface area contributed by atoms with Crippen molar-refractivity contribution in [2.45, 2.75) is 51.0 Å². The third-order valence-electron chi connectivity index (χ3n) is 7.25. The predicted molar refractivity (Wildman–Crippen MR) is 151 cm³/mol. The number of amides is 2. The monoisotopic (exact) mass is 497 g/mol. The Labute approximate surface area is 221 Å². The zero-order valence-corrected chi connectivity index (χ0v) is 21.9. The summed E-state index contributed by atoms with van der Waals surface area (Å²) >= 11 is 0. The number of carbonyl (C=O) groups excluding carboxylic acids is 2. The van der Waals surface area contributed by atoms with Gasteiger partial charge in [0.1, 0.15) is 6.04 Å². The molecular formula is C32H39N3O2. The molecule has 1 unspecified atom stereocenters. The van der Waals surface area contributed by atoms with Crippen molar-refractivity contribution in [2.24, 2.45) is 0 Å². The van der Waals surface area contributed by atoms with E-state index in [4.69, 9.17) is 0 Å². The molecule has 5 nitrogen and oxygen atoms in total. The molecule has 0 spiro atoms. The number of piperidine rings is 1. The number of rotatable bonds is 11. The van der Waals surface area contributed by atoms with Gasteiger partial charge in [-0.15, -0.1) is 0 Å². The van der Waals surface area contributed by atoms with Crippen LogP contribution in [0, 0.1) is 0 Å². The molecule has 0 saturated carbocycles. The van der Waals surface area contributed by atoms with Gasteiger partial charge in [0, 0.05) is 12.1 Å². The molecule has 0 aromatic heterocycles. The molecule has 3 aromatic carbocycles. The third-order valence-corrected chi connectivity index (χ3v) is 7.25. The summed E-state index contributed by atoms with van der Waals surface area (Å²) in [6.07, 6.45) is 5.27. The van der Waals surface area contributed by atoms with E-state index in [-0.39, 0.29) is 17.7 Å². The Bertz CT molecular complexity index is 1130. The fraction of sp³-hybridized carbons (Fsp3) is 0.375. The number of benzene rings is 3. The summed E-state index contributed by atoms with van der Waals surface area (Å²) in [5, 5.41) is 6.18. The summed E-state index contributed by atoms with van der Waals surface area (Å²) in [5.41, 5.74) is 3.62. The Morgan fingerprint density at radius 3 is 2.22 bits per heavy atom. The molecule has 2 N–H and O–H groups in total. The lowest BCUT2D eigenvalue weighted by molar-refractivity contribution is -0.123. The van der Waals surface area contributed by atoms with Crippen LogP contribution in [0.25, 0.3) is 11.1 Å². The lowest BCUT2D eigenvalue weighted by Crippen LogP contribution is -2.48. The summed E-state index contributed by atoms with van der Waals surface area (Å²) in [7, 11) is 0. The van der Waals surface area contributed by atoms with Crippen molar-refractivity contribution >= 4 is 11.8 Å². The van der Waals surface area contributed by atoms with Gasteiger partial charge in [0.05, 0.1) is 0 Å². The highest BCUT2D eigenvalue weighted by atomic mass is 16.2. The zero-order chi connectivity index (χ0) is 25.9. The Balaban J connectivity index is 1.44. The second-order valence-electron chi connectivity index (χ2n) is 10.0. The highest BCUT2D eigenvalue weighted by molar-refractivity contribution is 6.02. The molecule has 1 aliphatic rings. The minimum absolute atomic E-state index is 0.119. The standard InChI is InChI=1S/C32H39N3O2/c1-25(26-14-5-2-6-15-26)24-33-32(37)30(20-13-23-35-21-11-4-12-22-35)34-31(36)29-19-10-9-18-28(29)27-16-7-3-8-17-27/h2-3,5-10,14-19,25,30H,4,11-13,20-24H2,1H3,(H,33,37)(H,34,36)/t25?,30-/m0/s1. The average molecular weight is 498 g/mol. The number of hydrogen-bond acceptors (Lipinski definition) is 3. The Hall–Kier alpha value is -3.44. The van der Waals surface area contributed by atoms with Gasteiger partial charge < -0.3 is 15.5 Å². The van der Waals surface area contributed by atoms with Crippen LogP contribution in [0.4, 0.5) is 0 Å². The van der Waals surface area contributed by atoms with Crippen LogP contribution in [0.5, 0.6) is 0 Å². The highest BCUT2D eigenvalue weighted by Crippen LogP contribution is 2.23. The van der Waals surface area contributed by atoms with Crippen LogP contribution < -0.4 is 10.6 Å². The van der Waals surface area contributed by atoms with E-state index in [0.717, 1.165) is 37.2 Å². The van der Waals surface area contributed by atoms with Crippen molar-refractivity contribution in [3.05, 3.63) is 96.1 Å². The maximum absolute atomic E-state index is 13.5. The normalized spacial score (nSPS) is 15.5. The van der Waals surface area contributed by atoms with E-state index in [0.29, 0.717) is 18.5 Å². The molecule has 194 valence electrons. The van der Waals surface area contributed by atoms with E-state index in [9.17, 15) is 9.59 Å². The third kappa shape index (κ3) is 7.77. The number of hydrogen-bond donors (Lipinski definition) is 2. The molecule has 0 radical (unpaired) electrons. The van der Waals surface area contributed by atoms with Crippen molar-refractivity contribution < 1.29 is 9.59 Å². The van der Waals surface area contributed by atoms with Crippen molar-refractivity contribution in [2.75, 3.05) is 26.2 Å². The molecule has 0 aliphatic carbocycles. The Morgan fingerprint density at radius 2 is 1.49 bits per heavy atom. The number of nitrogens with one attached hydrogen (secondary N) is 2. The van der Waals surface area contributed by atoms with Gasteiger partial charge in [-0.1, -0.05) is 92.2 Å². The molecule has 5 heteroatoms. The van der Waals surface area contributed by atoms with E-state index in [2.05, 4.69) is 34.6 Å². The van der Waals surface area contributed by atoms with Crippen LogP contribution in [0.2, 0.25) is 0 Å². The number of nitrogens with zero attached hydrogens (tertiary/aromatic N) is 1. The molecule has 0 bridgehead atoms. The van der Waals surface area contributed by atoms with Crippen LogP contribution in [-0.4, -0.2) is 48.9 Å². The van der Waals surface area contributed by atoms with Crippen LogP contribution in [0.1, 0.15) is 60.9 Å². The first kappa shape index (κ1) is 26.6. The van der Waals surface area contributed by atoms with Gasteiger partial charge in [-0.2, -0.15) is 0 Å². The minimum atomic E-state index is -0.580.